The lowest BCUT2D eigenvalue weighted by atomic mass is 10.0. The van der Waals surface area contributed by atoms with E-state index in [1.54, 1.807) is 7.11 Å². The van der Waals surface area contributed by atoms with Crippen LogP contribution in [0.1, 0.15) is 33.1 Å². The van der Waals surface area contributed by atoms with Crippen molar-refractivity contribution >= 4 is 0 Å². The molecular formula is C13H27NO. The number of nitrogens with zero attached hydrogens (tertiary/aromatic N) is 1. The molecular weight excluding hydrogens is 186 g/mol. The molecule has 0 spiro atoms. The molecule has 0 bridgehead atoms. The zero-order valence-electron chi connectivity index (χ0n) is 10.8. The van der Waals surface area contributed by atoms with Crippen molar-refractivity contribution in [1.82, 2.24) is 4.90 Å². The van der Waals surface area contributed by atoms with Crippen LogP contribution in [0.4, 0.5) is 0 Å². The van der Waals surface area contributed by atoms with Crippen molar-refractivity contribution < 1.29 is 4.74 Å². The Morgan fingerprint density at radius 2 is 2.13 bits per heavy atom. The fourth-order valence-electron chi connectivity index (χ4n) is 2.42. The van der Waals surface area contributed by atoms with Crippen LogP contribution in [0.15, 0.2) is 0 Å². The van der Waals surface area contributed by atoms with Crippen LogP contribution >= 0.6 is 0 Å². The van der Waals surface area contributed by atoms with Crippen LogP contribution in [0.3, 0.4) is 0 Å². The van der Waals surface area contributed by atoms with E-state index in [2.05, 4.69) is 25.8 Å². The number of ether oxygens (including phenoxy) is 1. The Morgan fingerprint density at radius 1 is 1.47 bits per heavy atom. The highest BCUT2D eigenvalue weighted by molar-refractivity contribution is 4.83. The van der Waals surface area contributed by atoms with Gasteiger partial charge in [-0.05, 0) is 44.1 Å². The van der Waals surface area contributed by atoms with Gasteiger partial charge in [0.15, 0.2) is 0 Å². The number of methoxy groups -OCH3 is 1. The van der Waals surface area contributed by atoms with E-state index in [9.17, 15) is 0 Å². The van der Waals surface area contributed by atoms with E-state index in [1.165, 1.54) is 25.9 Å². The van der Waals surface area contributed by atoms with Crippen molar-refractivity contribution in [2.45, 2.75) is 33.1 Å². The van der Waals surface area contributed by atoms with Crippen molar-refractivity contribution in [1.29, 1.82) is 0 Å². The molecule has 1 rings (SSSR count). The minimum Gasteiger partial charge on any atom is -0.385 e. The molecule has 3 atom stereocenters. The van der Waals surface area contributed by atoms with Gasteiger partial charge in [-0.15, -0.1) is 0 Å². The van der Waals surface area contributed by atoms with Gasteiger partial charge in [0.05, 0.1) is 0 Å². The molecule has 0 N–H and O–H groups in total. The summed E-state index contributed by atoms with van der Waals surface area (Å²) < 4.78 is 5.06. The number of hydrogen-bond donors (Lipinski definition) is 0. The highest BCUT2D eigenvalue weighted by Crippen LogP contribution is 2.42. The summed E-state index contributed by atoms with van der Waals surface area (Å²) in [6.45, 7) is 8.06. The molecule has 1 aliphatic carbocycles. The Labute approximate surface area is 95.0 Å². The SMILES string of the molecule is COCCCN(C)C[C@@H](C)C[C@H]1C[C@H]1C. The summed E-state index contributed by atoms with van der Waals surface area (Å²) in [4.78, 5) is 2.44. The van der Waals surface area contributed by atoms with Gasteiger partial charge >= 0.3 is 0 Å². The van der Waals surface area contributed by atoms with Crippen LogP contribution in [-0.4, -0.2) is 38.8 Å². The van der Waals surface area contributed by atoms with Gasteiger partial charge in [0.25, 0.3) is 0 Å². The molecule has 15 heavy (non-hydrogen) atoms. The topological polar surface area (TPSA) is 12.5 Å². The second-order valence-corrected chi connectivity index (χ2v) is 5.42. The smallest absolute Gasteiger partial charge is 0.0474 e. The summed E-state index contributed by atoms with van der Waals surface area (Å²) in [6.07, 6.45) is 4.05. The average molecular weight is 213 g/mol. The van der Waals surface area contributed by atoms with Crippen LogP contribution in [0.5, 0.6) is 0 Å². The van der Waals surface area contributed by atoms with Gasteiger partial charge in [0.1, 0.15) is 0 Å². The molecule has 0 aromatic carbocycles. The lowest BCUT2D eigenvalue weighted by Gasteiger charge is -2.21. The van der Waals surface area contributed by atoms with E-state index < -0.39 is 0 Å². The van der Waals surface area contributed by atoms with Crippen LogP contribution in [-0.2, 0) is 4.74 Å². The molecule has 0 heterocycles. The van der Waals surface area contributed by atoms with Gasteiger partial charge in [0, 0.05) is 26.8 Å². The summed E-state index contributed by atoms with van der Waals surface area (Å²) in [5.74, 6) is 2.89. The molecule has 0 unspecified atom stereocenters. The first-order chi connectivity index (χ1) is 7.13. The molecule has 2 nitrogen and oxygen atoms in total. The fraction of sp³-hybridized carbons (Fsp3) is 1.00. The molecule has 2 heteroatoms. The first-order valence-electron chi connectivity index (χ1n) is 6.31. The lowest BCUT2D eigenvalue weighted by Crippen LogP contribution is -2.26. The predicted molar refractivity (Wildman–Crippen MR) is 65.0 cm³/mol. The largest absolute Gasteiger partial charge is 0.385 e. The molecule has 1 saturated carbocycles. The molecule has 1 aliphatic rings. The molecule has 0 saturated heterocycles. The summed E-state index contributed by atoms with van der Waals surface area (Å²) in [7, 11) is 4.00. The highest BCUT2D eigenvalue weighted by Gasteiger charge is 2.33. The van der Waals surface area contributed by atoms with Crippen LogP contribution in [0.25, 0.3) is 0 Å². The average Bonchev–Trinajstić information content (AvgIpc) is 2.81. The second-order valence-electron chi connectivity index (χ2n) is 5.42. The number of hydrogen-bond acceptors (Lipinski definition) is 2. The normalized spacial score (nSPS) is 27.0. The second kappa shape index (κ2) is 6.49. The highest BCUT2D eigenvalue weighted by atomic mass is 16.5. The van der Waals surface area contributed by atoms with Gasteiger partial charge in [-0.3, -0.25) is 0 Å². The van der Waals surface area contributed by atoms with E-state index in [-0.39, 0.29) is 0 Å². The molecule has 0 aromatic heterocycles. The summed E-state index contributed by atoms with van der Waals surface area (Å²) >= 11 is 0. The van der Waals surface area contributed by atoms with Crippen LogP contribution in [0, 0.1) is 17.8 Å². The first-order valence-corrected chi connectivity index (χ1v) is 6.31. The predicted octanol–water partition coefficient (Wildman–Crippen LogP) is 2.64. The summed E-state index contributed by atoms with van der Waals surface area (Å²) in [6, 6.07) is 0. The molecule has 0 amide bonds. The van der Waals surface area contributed by atoms with E-state index >= 15 is 0 Å². The minimum absolute atomic E-state index is 0.854. The van der Waals surface area contributed by atoms with Gasteiger partial charge < -0.3 is 9.64 Å². The molecule has 0 radical (unpaired) electrons. The fourth-order valence-corrected chi connectivity index (χ4v) is 2.42. The maximum Gasteiger partial charge on any atom is 0.0474 e. The van der Waals surface area contributed by atoms with Crippen molar-refractivity contribution in [3.05, 3.63) is 0 Å². The molecule has 1 fully saturated rings. The van der Waals surface area contributed by atoms with Crippen LogP contribution < -0.4 is 0 Å². The van der Waals surface area contributed by atoms with Gasteiger partial charge in [0.2, 0.25) is 0 Å². The Morgan fingerprint density at radius 3 is 2.67 bits per heavy atom. The first kappa shape index (κ1) is 13.0. The summed E-state index contributed by atoms with van der Waals surface area (Å²) in [5.41, 5.74) is 0. The molecule has 0 aromatic rings. The maximum absolute atomic E-state index is 5.06. The standard InChI is InChI=1S/C13H27NO/c1-11(8-13-9-12(13)2)10-14(3)6-5-7-15-4/h11-13H,5-10H2,1-4H3/t11-,12+,13-/m0/s1. The molecule has 90 valence electrons. The summed E-state index contributed by atoms with van der Waals surface area (Å²) in [5, 5.41) is 0. The third kappa shape index (κ3) is 5.53. The van der Waals surface area contributed by atoms with Crippen molar-refractivity contribution in [2.75, 3.05) is 33.9 Å². The van der Waals surface area contributed by atoms with Crippen LogP contribution in [0.2, 0.25) is 0 Å². The zero-order chi connectivity index (χ0) is 11.3. The van der Waals surface area contributed by atoms with Gasteiger partial charge in [-0.1, -0.05) is 13.8 Å². The van der Waals surface area contributed by atoms with Crippen molar-refractivity contribution in [3.8, 4) is 0 Å². The van der Waals surface area contributed by atoms with Gasteiger partial charge in [-0.2, -0.15) is 0 Å². The lowest BCUT2D eigenvalue weighted by molar-refractivity contribution is 0.174. The Balaban J connectivity index is 2.00. The third-order valence-corrected chi connectivity index (χ3v) is 3.49. The van der Waals surface area contributed by atoms with E-state index in [0.717, 1.165) is 30.8 Å². The minimum atomic E-state index is 0.854. The monoisotopic (exact) mass is 213 g/mol. The van der Waals surface area contributed by atoms with E-state index in [4.69, 9.17) is 4.74 Å². The Bertz CT molecular complexity index is 172. The van der Waals surface area contributed by atoms with E-state index in [1.807, 2.05) is 0 Å². The van der Waals surface area contributed by atoms with Crippen molar-refractivity contribution in [2.24, 2.45) is 17.8 Å². The number of rotatable bonds is 8. The molecule has 0 aliphatic heterocycles. The van der Waals surface area contributed by atoms with E-state index in [0.29, 0.717) is 0 Å². The van der Waals surface area contributed by atoms with Crippen molar-refractivity contribution in [3.63, 3.8) is 0 Å². The third-order valence-electron chi connectivity index (χ3n) is 3.49. The Hall–Kier alpha value is -0.0800. The zero-order valence-corrected chi connectivity index (χ0v) is 10.8. The maximum atomic E-state index is 5.06. The quantitative estimate of drug-likeness (QED) is 0.575. The Kier molecular flexibility index (Phi) is 5.62. The van der Waals surface area contributed by atoms with Gasteiger partial charge in [-0.25, -0.2) is 0 Å².